The van der Waals surface area contributed by atoms with E-state index in [1.54, 1.807) is 25.3 Å². The smallest absolute Gasteiger partial charge is 0.186 e. The van der Waals surface area contributed by atoms with Crippen LogP contribution in [0, 0.1) is 19.7 Å². The zero-order valence-corrected chi connectivity index (χ0v) is 10.2. The van der Waals surface area contributed by atoms with Gasteiger partial charge in [0.25, 0.3) is 0 Å². The van der Waals surface area contributed by atoms with Crippen molar-refractivity contribution < 1.29 is 4.39 Å². The van der Waals surface area contributed by atoms with Crippen LogP contribution in [0.1, 0.15) is 11.3 Å². The number of hydrogen-bond donors (Lipinski definition) is 1. The highest BCUT2D eigenvalue weighted by atomic mass is 32.1. The van der Waals surface area contributed by atoms with Crippen molar-refractivity contribution in [3.63, 3.8) is 0 Å². The number of nitrogens with zero attached hydrogens (tertiary/aromatic N) is 2. The van der Waals surface area contributed by atoms with Gasteiger partial charge in [-0.15, -0.1) is 0 Å². The second kappa shape index (κ2) is 4.17. The molecule has 0 amide bonds. The van der Waals surface area contributed by atoms with Gasteiger partial charge in [-0.1, -0.05) is 0 Å². The maximum absolute atomic E-state index is 13.5. The molecule has 84 valence electrons. The molecule has 0 aromatic carbocycles. The van der Waals surface area contributed by atoms with Gasteiger partial charge in [0.2, 0.25) is 0 Å². The van der Waals surface area contributed by atoms with Crippen LogP contribution in [0.4, 0.5) is 10.2 Å². The summed E-state index contributed by atoms with van der Waals surface area (Å²) in [5, 5.41) is 6.73. The first-order valence-electron chi connectivity index (χ1n) is 4.88. The number of rotatable bonds is 2. The van der Waals surface area contributed by atoms with Crippen molar-refractivity contribution in [1.82, 2.24) is 9.97 Å². The van der Waals surface area contributed by atoms with Gasteiger partial charge in [-0.05, 0) is 24.8 Å². The van der Waals surface area contributed by atoms with Crippen LogP contribution in [-0.2, 0) is 0 Å². The molecule has 2 aromatic rings. The number of aryl methyl sites for hydroxylation is 2. The molecule has 5 heteroatoms. The summed E-state index contributed by atoms with van der Waals surface area (Å²) in [6, 6.07) is 0. The third kappa shape index (κ3) is 1.78. The fraction of sp³-hybridized carbons (Fsp3) is 0.273. The van der Waals surface area contributed by atoms with Crippen molar-refractivity contribution in [3.05, 3.63) is 27.8 Å². The minimum Gasteiger partial charge on any atom is -0.371 e. The molecule has 16 heavy (non-hydrogen) atoms. The average Bonchev–Trinajstić information content (AvgIpc) is 2.68. The molecule has 0 fully saturated rings. The van der Waals surface area contributed by atoms with Gasteiger partial charge in [0.05, 0.1) is 5.69 Å². The maximum Gasteiger partial charge on any atom is 0.186 e. The van der Waals surface area contributed by atoms with E-state index in [2.05, 4.69) is 15.3 Å². The van der Waals surface area contributed by atoms with E-state index >= 15 is 0 Å². The first-order valence-corrected chi connectivity index (χ1v) is 5.82. The van der Waals surface area contributed by atoms with Gasteiger partial charge in [0.15, 0.2) is 17.5 Å². The van der Waals surface area contributed by atoms with Crippen LogP contribution in [-0.4, -0.2) is 17.0 Å². The van der Waals surface area contributed by atoms with Gasteiger partial charge in [0, 0.05) is 18.0 Å². The number of thiophene rings is 1. The zero-order chi connectivity index (χ0) is 11.7. The fourth-order valence-electron chi connectivity index (χ4n) is 1.43. The molecule has 0 spiro atoms. The van der Waals surface area contributed by atoms with Crippen LogP contribution in [0.2, 0.25) is 0 Å². The van der Waals surface area contributed by atoms with Crippen molar-refractivity contribution in [2.24, 2.45) is 0 Å². The summed E-state index contributed by atoms with van der Waals surface area (Å²) in [5.41, 5.74) is 2.43. The minimum atomic E-state index is -0.390. The molecule has 2 rings (SSSR count). The summed E-state index contributed by atoms with van der Waals surface area (Å²) in [7, 11) is 1.65. The number of nitrogens with one attached hydrogen (secondary N) is 1. The van der Waals surface area contributed by atoms with Crippen LogP contribution in [0.15, 0.2) is 10.8 Å². The van der Waals surface area contributed by atoms with Gasteiger partial charge in [0.1, 0.15) is 0 Å². The molecule has 0 radical (unpaired) electrons. The summed E-state index contributed by atoms with van der Waals surface area (Å²) in [5.74, 6) is 0.425. The van der Waals surface area contributed by atoms with Crippen LogP contribution < -0.4 is 5.32 Å². The largest absolute Gasteiger partial charge is 0.371 e. The Morgan fingerprint density at radius 2 is 2.00 bits per heavy atom. The molecule has 0 bridgehead atoms. The lowest BCUT2D eigenvalue weighted by atomic mass is 10.2. The van der Waals surface area contributed by atoms with Gasteiger partial charge in [-0.25, -0.2) is 14.4 Å². The van der Waals surface area contributed by atoms with Crippen molar-refractivity contribution in [2.45, 2.75) is 13.8 Å². The van der Waals surface area contributed by atoms with E-state index in [1.165, 1.54) is 0 Å². The molecule has 2 aromatic heterocycles. The Hall–Kier alpha value is -1.49. The SMILES string of the molecule is CNc1nc(-c2cscc2C)nc(C)c1F. The van der Waals surface area contributed by atoms with Crippen molar-refractivity contribution in [1.29, 1.82) is 0 Å². The second-order valence-corrected chi connectivity index (χ2v) is 4.26. The van der Waals surface area contributed by atoms with E-state index in [9.17, 15) is 4.39 Å². The number of halogens is 1. The number of aromatic nitrogens is 2. The molecule has 0 aliphatic heterocycles. The molecule has 1 N–H and O–H groups in total. The average molecular weight is 237 g/mol. The summed E-state index contributed by atoms with van der Waals surface area (Å²) < 4.78 is 13.5. The molecule has 2 heterocycles. The number of hydrogen-bond acceptors (Lipinski definition) is 4. The fourth-order valence-corrected chi connectivity index (χ4v) is 2.26. The van der Waals surface area contributed by atoms with Crippen molar-refractivity contribution in [2.75, 3.05) is 12.4 Å². The predicted octanol–water partition coefficient (Wildman–Crippen LogP) is 3.00. The van der Waals surface area contributed by atoms with E-state index in [-0.39, 0.29) is 11.6 Å². The van der Waals surface area contributed by atoms with E-state index < -0.39 is 0 Å². The van der Waals surface area contributed by atoms with E-state index in [1.807, 2.05) is 17.7 Å². The van der Waals surface area contributed by atoms with Crippen LogP contribution in [0.25, 0.3) is 11.4 Å². The standard InChI is InChI=1S/C11H12FN3S/c1-6-4-16-5-8(6)10-14-7(2)9(12)11(13-3)15-10/h4-5H,1-3H3,(H,13,14,15). The Kier molecular flexibility index (Phi) is 2.87. The zero-order valence-electron chi connectivity index (χ0n) is 9.34. The summed E-state index contributed by atoms with van der Waals surface area (Å²) >= 11 is 1.59. The highest BCUT2D eigenvalue weighted by Gasteiger charge is 2.13. The normalized spacial score (nSPS) is 10.5. The van der Waals surface area contributed by atoms with Gasteiger partial charge >= 0.3 is 0 Å². The Morgan fingerprint density at radius 3 is 2.56 bits per heavy atom. The van der Waals surface area contributed by atoms with Crippen LogP contribution >= 0.6 is 11.3 Å². The minimum absolute atomic E-state index is 0.244. The highest BCUT2D eigenvalue weighted by Crippen LogP contribution is 2.26. The maximum atomic E-state index is 13.5. The number of anilines is 1. The Bertz CT molecular complexity index is 522. The third-order valence-corrected chi connectivity index (χ3v) is 3.21. The lowest BCUT2D eigenvalue weighted by Crippen LogP contribution is -2.03. The Balaban J connectivity index is 2.59. The predicted molar refractivity (Wildman–Crippen MR) is 64.3 cm³/mol. The van der Waals surface area contributed by atoms with Gasteiger partial charge < -0.3 is 5.32 Å². The second-order valence-electron chi connectivity index (χ2n) is 3.51. The van der Waals surface area contributed by atoms with E-state index in [0.717, 1.165) is 11.1 Å². The molecule has 0 unspecified atom stereocenters. The molecule has 0 aliphatic carbocycles. The van der Waals surface area contributed by atoms with Crippen molar-refractivity contribution >= 4 is 17.2 Å². The first kappa shape index (κ1) is 11.0. The van der Waals surface area contributed by atoms with Crippen LogP contribution in [0.3, 0.4) is 0 Å². The van der Waals surface area contributed by atoms with Crippen molar-refractivity contribution in [3.8, 4) is 11.4 Å². The molecule has 0 saturated carbocycles. The topological polar surface area (TPSA) is 37.8 Å². The summed E-state index contributed by atoms with van der Waals surface area (Å²) in [6.07, 6.45) is 0. The van der Waals surface area contributed by atoms with E-state index in [4.69, 9.17) is 0 Å². The van der Waals surface area contributed by atoms with Crippen LogP contribution in [0.5, 0.6) is 0 Å². The quantitative estimate of drug-likeness (QED) is 0.872. The summed E-state index contributed by atoms with van der Waals surface area (Å²) in [4.78, 5) is 8.33. The molecule has 0 saturated heterocycles. The molecule has 3 nitrogen and oxygen atoms in total. The van der Waals surface area contributed by atoms with Gasteiger partial charge in [-0.3, -0.25) is 0 Å². The monoisotopic (exact) mass is 237 g/mol. The molecule has 0 aliphatic rings. The molecule has 0 atom stereocenters. The van der Waals surface area contributed by atoms with Gasteiger partial charge in [-0.2, -0.15) is 11.3 Å². The molecular weight excluding hydrogens is 225 g/mol. The summed E-state index contributed by atoms with van der Waals surface area (Å²) in [6.45, 7) is 3.63. The molecular formula is C11H12FN3S. The highest BCUT2D eigenvalue weighted by molar-refractivity contribution is 7.08. The Morgan fingerprint density at radius 1 is 1.25 bits per heavy atom. The lowest BCUT2D eigenvalue weighted by Gasteiger charge is -2.06. The third-order valence-electron chi connectivity index (χ3n) is 2.35. The van der Waals surface area contributed by atoms with E-state index in [0.29, 0.717) is 11.5 Å². The first-order chi connectivity index (χ1) is 7.63. The Labute approximate surface area is 97.4 Å². The lowest BCUT2D eigenvalue weighted by molar-refractivity contribution is 0.607.